The van der Waals surface area contributed by atoms with E-state index in [2.05, 4.69) is 20.3 Å². The molecule has 0 fully saturated rings. The highest BCUT2D eigenvalue weighted by molar-refractivity contribution is 8.00. The van der Waals surface area contributed by atoms with Crippen LogP contribution in [0, 0.1) is 6.92 Å². The van der Waals surface area contributed by atoms with E-state index in [1.807, 2.05) is 31.4 Å². The quantitative estimate of drug-likeness (QED) is 0.726. The number of H-pyrrole nitrogens is 1. The third kappa shape index (κ3) is 3.08. The number of carbonyl (C=O) groups excluding carboxylic acids is 1. The van der Waals surface area contributed by atoms with Gasteiger partial charge < -0.3 is 10.3 Å². The molecule has 2 N–H and O–H groups in total. The lowest BCUT2D eigenvalue weighted by atomic mass is 10.2. The van der Waals surface area contributed by atoms with E-state index in [1.54, 1.807) is 17.1 Å². The van der Waals surface area contributed by atoms with Crippen LogP contribution in [0.4, 0.5) is 0 Å². The van der Waals surface area contributed by atoms with Gasteiger partial charge in [0, 0.05) is 11.9 Å². The molecule has 0 aliphatic heterocycles. The van der Waals surface area contributed by atoms with Crippen molar-refractivity contribution in [1.29, 1.82) is 0 Å². The Balaban J connectivity index is 1.69. The van der Waals surface area contributed by atoms with Crippen LogP contribution < -0.4 is 5.32 Å². The first-order valence-corrected chi connectivity index (χ1v) is 8.49. The lowest BCUT2D eigenvalue weighted by Gasteiger charge is -2.03. The van der Waals surface area contributed by atoms with Crippen molar-refractivity contribution in [2.45, 2.75) is 17.8 Å². The van der Waals surface area contributed by atoms with E-state index >= 15 is 0 Å². The molecule has 0 bridgehead atoms. The van der Waals surface area contributed by atoms with Gasteiger partial charge in [0.25, 0.3) is 5.91 Å². The molecule has 0 aliphatic carbocycles. The molecule has 5 nitrogen and oxygen atoms in total. The number of benzene rings is 1. The summed E-state index contributed by atoms with van der Waals surface area (Å²) in [6.45, 7) is 2.39. The summed E-state index contributed by atoms with van der Waals surface area (Å²) in [6, 6.07) is 5.93. The van der Waals surface area contributed by atoms with Crippen molar-refractivity contribution in [1.82, 2.24) is 20.3 Å². The molecule has 0 atom stereocenters. The standard InChI is InChI=1S/C14H14N4OS2/c1-8-16-10-4-3-9(5-11(10)17-8)6-15-13(19)12-7-21-14(18-12)20-2/h3-5,7H,6H2,1-2H3,(H,15,19)(H,16,17). The minimum Gasteiger partial charge on any atom is -0.347 e. The molecule has 2 aromatic heterocycles. The summed E-state index contributed by atoms with van der Waals surface area (Å²) in [6.07, 6.45) is 1.95. The molecule has 0 aliphatic rings. The van der Waals surface area contributed by atoms with Gasteiger partial charge in [-0.2, -0.15) is 0 Å². The summed E-state index contributed by atoms with van der Waals surface area (Å²) in [7, 11) is 0. The van der Waals surface area contributed by atoms with Gasteiger partial charge in [0.1, 0.15) is 15.9 Å². The van der Waals surface area contributed by atoms with Crippen molar-refractivity contribution < 1.29 is 4.79 Å². The smallest absolute Gasteiger partial charge is 0.271 e. The van der Waals surface area contributed by atoms with Crippen LogP contribution in [0.1, 0.15) is 21.9 Å². The molecule has 7 heteroatoms. The zero-order valence-electron chi connectivity index (χ0n) is 11.6. The molecule has 21 heavy (non-hydrogen) atoms. The van der Waals surface area contributed by atoms with Crippen LogP contribution in [0.25, 0.3) is 11.0 Å². The number of thioether (sulfide) groups is 1. The van der Waals surface area contributed by atoms with Gasteiger partial charge in [0.05, 0.1) is 11.0 Å². The van der Waals surface area contributed by atoms with Gasteiger partial charge in [-0.3, -0.25) is 4.79 Å². The van der Waals surface area contributed by atoms with Gasteiger partial charge in [-0.25, -0.2) is 9.97 Å². The van der Waals surface area contributed by atoms with E-state index in [9.17, 15) is 4.79 Å². The van der Waals surface area contributed by atoms with Crippen molar-refractivity contribution in [3.8, 4) is 0 Å². The van der Waals surface area contributed by atoms with Gasteiger partial charge in [-0.15, -0.1) is 11.3 Å². The summed E-state index contributed by atoms with van der Waals surface area (Å²) in [5.74, 6) is 0.741. The fourth-order valence-electron chi connectivity index (χ4n) is 2.02. The fourth-order valence-corrected chi connectivity index (χ4v) is 3.26. The molecule has 3 rings (SSSR count). The molecular formula is C14H14N4OS2. The number of hydrogen-bond donors (Lipinski definition) is 2. The number of aromatic amines is 1. The van der Waals surface area contributed by atoms with Crippen LogP contribution in [0.2, 0.25) is 0 Å². The molecule has 1 aromatic carbocycles. The molecule has 1 amide bonds. The first-order valence-electron chi connectivity index (χ1n) is 6.38. The summed E-state index contributed by atoms with van der Waals surface area (Å²) in [4.78, 5) is 23.8. The van der Waals surface area contributed by atoms with Crippen molar-refractivity contribution in [2.24, 2.45) is 0 Å². The first kappa shape index (κ1) is 14.1. The van der Waals surface area contributed by atoms with Crippen LogP contribution in [0.5, 0.6) is 0 Å². The Hall–Kier alpha value is -1.86. The number of carbonyl (C=O) groups is 1. The Morgan fingerprint density at radius 1 is 1.43 bits per heavy atom. The minimum absolute atomic E-state index is 0.146. The number of rotatable bonds is 4. The minimum atomic E-state index is -0.146. The molecule has 2 heterocycles. The Bertz CT molecular complexity index is 793. The van der Waals surface area contributed by atoms with Gasteiger partial charge in [0.15, 0.2) is 0 Å². The number of imidazole rings is 1. The molecule has 0 saturated carbocycles. The zero-order chi connectivity index (χ0) is 14.8. The molecular weight excluding hydrogens is 304 g/mol. The molecule has 0 spiro atoms. The number of amides is 1. The maximum atomic E-state index is 12.0. The Morgan fingerprint density at radius 2 is 2.29 bits per heavy atom. The van der Waals surface area contributed by atoms with Gasteiger partial charge >= 0.3 is 0 Å². The van der Waals surface area contributed by atoms with Crippen LogP contribution >= 0.6 is 23.1 Å². The third-order valence-corrected chi connectivity index (χ3v) is 4.87. The molecule has 108 valence electrons. The van der Waals surface area contributed by atoms with Gasteiger partial charge in [0.2, 0.25) is 0 Å². The van der Waals surface area contributed by atoms with Crippen molar-refractivity contribution in [3.05, 3.63) is 40.7 Å². The van der Waals surface area contributed by atoms with Crippen LogP contribution in [0.15, 0.2) is 27.9 Å². The number of nitrogens with zero attached hydrogens (tertiary/aromatic N) is 2. The second kappa shape index (κ2) is 5.87. The summed E-state index contributed by atoms with van der Waals surface area (Å²) < 4.78 is 0.898. The van der Waals surface area contributed by atoms with Crippen molar-refractivity contribution >= 4 is 40.0 Å². The number of aromatic nitrogens is 3. The van der Waals surface area contributed by atoms with Gasteiger partial charge in [-0.1, -0.05) is 17.8 Å². The predicted octanol–water partition coefficient (Wildman–Crippen LogP) is 2.98. The number of fused-ring (bicyclic) bond motifs is 1. The van der Waals surface area contributed by atoms with Crippen LogP contribution in [0.3, 0.4) is 0 Å². The Labute approximate surface area is 130 Å². The van der Waals surface area contributed by atoms with Crippen LogP contribution in [-0.4, -0.2) is 27.1 Å². The van der Waals surface area contributed by atoms with E-state index in [0.717, 1.165) is 26.8 Å². The van der Waals surface area contributed by atoms with E-state index in [-0.39, 0.29) is 5.91 Å². The Kier molecular flexibility index (Phi) is 3.94. The van der Waals surface area contributed by atoms with E-state index in [0.29, 0.717) is 12.2 Å². The van der Waals surface area contributed by atoms with E-state index in [4.69, 9.17) is 0 Å². The topological polar surface area (TPSA) is 70.7 Å². The molecule has 0 unspecified atom stereocenters. The third-order valence-electron chi connectivity index (χ3n) is 3.01. The normalized spacial score (nSPS) is 11.0. The second-order valence-corrected chi connectivity index (χ2v) is 6.47. The number of aryl methyl sites for hydroxylation is 1. The fraction of sp³-hybridized carbons (Fsp3) is 0.214. The number of nitrogens with one attached hydrogen (secondary N) is 2. The largest absolute Gasteiger partial charge is 0.347 e. The molecule has 0 radical (unpaired) electrons. The van der Waals surface area contributed by atoms with Crippen molar-refractivity contribution in [2.75, 3.05) is 6.26 Å². The monoisotopic (exact) mass is 318 g/mol. The summed E-state index contributed by atoms with van der Waals surface area (Å²) in [5, 5.41) is 4.67. The molecule has 3 aromatic rings. The van der Waals surface area contributed by atoms with E-state index in [1.165, 1.54) is 11.3 Å². The Morgan fingerprint density at radius 3 is 3.05 bits per heavy atom. The van der Waals surface area contributed by atoms with E-state index < -0.39 is 0 Å². The highest BCUT2D eigenvalue weighted by Crippen LogP contribution is 2.19. The van der Waals surface area contributed by atoms with Crippen LogP contribution in [-0.2, 0) is 6.54 Å². The molecule has 0 saturated heterocycles. The maximum absolute atomic E-state index is 12.0. The number of hydrogen-bond acceptors (Lipinski definition) is 5. The maximum Gasteiger partial charge on any atom is 0.271 e. The summed E-state index contributed by atoms with van der Waals surface area (Å²) >= 11 is 3.02. The average Bonchev–Trinajstić information content (AvgIpc) is 3.09. The van der Waals surface area contributed by atoms with Crippen molar-refractivity contribution in [3.63, 3.8) is 0 Å². The summed E-state index contributed by atoms with van der Waals surface area (Å²) in [5.41, 5.74) is 3.42. The lowest BCUT2D eigenvalue weighted by Crippen LogP contribution is -2.23. The highest BCUT2D eigenvalue weighted by Gasteiger charge is 2.10. The predicted molar refractivity (Wildman–Crippen MR) is 85.9 cm³/mol. The lowest BCUT2D eigenvalue weighted by molar-refractivity contribution is 0.0946. The SMILES string of the molecule is CSc1nc(C(=O)NCc2ccc3nc(C)[nH]c3c2)cs1. The second-order valence-electron chi connectivity index (χ2n) is 4.56. The van der Waals surface area contributed by atoms with Gasteiger partial charge in [-0.05, 0) is 30.9 Å². The average molecular weight is 318 g/mol. The highest BCUT2D eigenvalue weighted by atomic mass is 32.2. The first-order chi connectivity index (χ1) is 10.2. The zero-order valence-corrected chi connectivity index (χ0v) is 13.3. The number of thiazole rings is 1.